The maximum Gasteiger partial charge on any atom is 0.303 e. The van der Waals surface area contributed by atoms with Crippen molar-refractivity contribution in [1.29, 1.82) is 0 Å². The fourth-order valence-corrected chi connectivity index (χ4v) is 3.69. The van der Waals surface area contributed by atoms with Crippen molar-refractivity contribution >= 4 is 34.7 Å². The zero-order chi connectivity index (χ0) is 24.8. The molecule has 0 radical (unpaired) electrons. The van der Waals surface area contributed by atoms with E-state index in [1.54, 1.807) is 24.4 Å². The molecule has 0 spiro atoms. The summed E-state index contributed by atoms with van der Waals surface area (Å²) >= 11 is 0. The summed E-state index contributed by atoms with van der Waals surface area (Å²) in [5, 5.41) is 3.46. The number of pyridine rings is 1. The predicted molar refractivity (Wildman–Crippen MR) is 116 cm³/mol. The Kier molecular flexibility index (Phi) is 8.00. The summed E-state index contributed by atoms with van der Waals surface area (Å²) in [6.07, 6.45) is -3.07. The van der Waals surface area contributed by atoms with Gasteiger partial charge in [-0.1, -0.05) is 18.2 Å². The van der Waals surface area contributed by atoms with Crippen LogP contribution in [0, 0.1) is 0 Å². The Morgan fingerprint density at radius 2 is 1.62 bits per heavy atom. The summed E-state index contributed by atoms with van der Waals surface area (Å²) in [6.45, 7) is 4.52. The number of amides is 1. The molecular weight excluding hydrogens is 448 g/mol. The smallest absolute Gasteiger partial charge is 0.303 e. The third-order valence-corrected chi connectivity index (χ3v) is 4.91. The molecule has 1 fully saturated rings. The molecule has 1 saturated heterocycles. The van der Waals surface area contributed by atoms with Crippen molar-refractivity contribution in [3.8, 4) is 5.75 Å². The molecule has 0 aliphatic carbocycles. The van der Waals surface area contributed by atoms with E-state index in [-0.39, 0.29) is 6.61 Å². The Morgan fingerprint density at radius 1 is 0.941 bits per heavy atom. The minimum absolute atomic E-state index is 0.314. The van der Waals surface area contributed by atoms with Crippen molar-refractivity contribution in [3.05, 3.63) is 36.5 Å². The van der Waals surface area contributed by atoms with Crippen LogP contribution in [-0.4, -0.2) is 66.0 Å². The van der Waals surface area contributed by atoms with Crippen molar-refractivity contribution in [3.63, 3.8) is 0 Å². The third-order valence-electron chi connectivity index (χ3n) is 4.91. The van der Waals surface area contributed by atoms with E-state index in [0.29, 0.717) is 11.3 Å². The van der Waals surface area contributed by atoms with Crippen molar-refractivity contribution in [1.82, 2.24) is 10.3 Å². The highest BCUT2D eigenvalue weighted by Gasteiger charge is 2.52. The molecule has 3 rings (SSSR count). The molecule has 34 heavy (non-hydrogen) atoms. The van der Waals surface area contributed by atoms with Gasteiger partial charge in [-0.05, 0) is 12.1 Å². The third kappa shape index (κ3) is 6.19. The normalized spacial score (nSPS) is 24.1. The first-order chi connectivity index (χ1) is 16.2. The van der Waals surface area contributed by atoms with E-state index < -0.39 is 54.5 Å². The highest BCUT2D eigenvalue weighted by atomic mass is 16.7. The van der Waals surface area contributed by atoms with Crippen LogP contribution in [0.1, 0.15) is 27.7 Å². The fraction of sp³-hybridized carbons (Fsp3) is 0.435. The summed E-state index contributed by atoms with van der Waals surface area (Å²) < 4.78 is 28.1. The minimum Gasteiger partial charge on any atom is -0.463 e. The van der Waals surface area contributed by atoms with Crippen LogP contribution in [-0.2, 0) is 38.1 Å². The second kappa shape index (κ2) is 10.9. The highest BCUT2D eigenvalue weighted by Crippen LogP contribution is 2.31. The van der Waals surface area contributed by atoms with E-state index in [2.05, 4.69) is 10.3 Å². The van der Waals surface area contributed by atoms with Gasteiger partial charge in [-0.25, -0.2) is 0 Å². The average molecular weight is 474 g/mol. The van der Waals surface area contributed by atoms with E-state index in [0.717, 1.165) is 5.39 Å². The van der Waals surface area contributed by atoms with Crippen LogP contribution >= 0.6 is 0 Å². The second-order valence-electron chi connectivity index (χ2n) is 7.67. The first kappa shape index (κ1) is 24.9. The van der Waals surface area contributed by atoms with Gasteiger partial charge < -0.3 is 29.0 Å². The van der Waals surface area contributed by atoms with Crippen LogP contribution < -0.4 is 10.1 Å². The van der Waals surface area contributed by atoms with E-state index in [1.807, 2.05) is 12.1 Å². The fourth-order valence-electron chi connectivity index (χ4n) is 3.69. The number of fused-ring (bicyclic) bond motifs is 1. The number of nitrogens with zero attached hydrogens (tertiary/aromatic N) is 1. The molecule has 1 aliphatic rings. The van der Waals surface area contributed by atoms with Gasteiger partial charge >= 0.3 is 17.9 Å². The van der Waals surface area contributed by atoms with Crippen LogP contribution in [0.5, 0.6) is 5.75 Å². The molecular formula is C23H26N2O9. The average Bonchev–Trinajstić information content (AvgIpc) is 2.75. The lowest BCUT2D eigenvalue weighted by Crippen LogP contribution is -2.67. The van der Waals surface area contributed by atoms with Gasteiger partial charge in [-0.3, -0.25) is 24.2 Å². The number of carbonyl (C=O) groups is 4. The molecule has 5 atom stereocenters. The number of benzene rings is 1. The Labute approximate surface area is 195 Å². The molecule has 0 bridgehead atoms. The van der Waals surface area contributed by atoms with E-state index in [1.165, 1.54) is 27.7 Å². The van der Waals surface area contributed by atoms with Crippen LogP contribution in [0.2, 0.25) is 0 Å². The molecule has 1 aromatic carbocycles. The molecule has 11 nitrogen and oxygen atoms in total. The number of aromatic nitrogens is 1. The lowest BCUT2D eigenvalue weighted by atomic mass is 9.96. The summed E-state index contributed by atoms with van der Waals surface area (Å²) in [5.74, 6) is -2.07. The maximum atomic E-state index is 12.0. The Morgan fingerprint density at radius 3 is 2.26 bits per heavy atom. The van der Waals surface area contributed by atoms with Gasteiger partial charge in [0.2, 0.25) is 12.2 Å². The molecule has 2 aromatic rings. The molecule has 11 heteroatoms. The number of carbonyl (C=O) groups excluding carboxylic acids is 4. The minimum atomic E-state index is -1.21. The van der Waals surface area contributed by atoms with Crippen LogP contribution in [0.15, 0.2) is 36.5 Å². The van der Waals surface area contributed by atoms with Crippen molar-refractivity contribution < 1.29 is 42.9 Å². The molecule has 1 amide bonds. The van der Waals surface area contributed by atoms with Crippen LogP contribution in [0.3, 0.4) is 0 Å². The van der Waals surface area contributed by atoms with Gasteiger partial charge in [0.15, 0.2) is 12.2 Å². The van der Waals surface area contributed by atoms with Gasteiger partial charge in [0.25, 0.3) is 0 Å². The summed E-state index contributed by atoms with van der Waals surface area (Å²) in [4.78, 5) is 51.6. The lowest BCUT2D eigenvalue weighted by Gasteiger charge is -2.44. The maximum absolute atomic E-state index is 12.0. The largest absolute Gasteiger partial charge is 0.463 e. The number of ether oxygens (including phenoxy) is 5. The molecule has 1 aromatic heterocycles. The van der Waals surface area contributed by atoms with Gasteiger partial charge in [-0.15, -0.1) is 0 Å². The highest BCUT2D eigenvalue weighted by molar-refractivity contribution is 5.84. The number of hydrogen-bond acceptors (Lipinski definition) is 10. The van der Waals surface area contributed by atoms with Crippen LogP contribution in [0.25, 0.3) is 10.9 Å². The Bertz CT molecular complexity index is 1070. The summed E-state index contributed by atoms with van der Waals surface area (Å²) in [5.41, 5.74) is 0.540. The molecule has 0 saturated carbocycles. The summed E-state index contributed by atoms with van der Waals surface area (Å²) in [7, 11) is 0. The van der Waals surface area contributed by atoms with E-state index in [4.69, 9.17) is 23.7 Å². The number of nitrogens with one attached hydrogen (secondary N) is 1. The number of para-hydroxylation sites is 1. The van der Waals surface area contributed by atoms with Gasteiger partial charge in [0.05, 0.1) is 0 Å². The molecule has 0 unspecified atom stereocenters. The SMILES string of the molecule is CC(=O)N[C@@H]1[C@H](Oc2cccc3cccnc23)O[C@H](COC(C)=O)[C@H](OC(C)=O)[C@@H]1OC(C)=O. The monoisotopic (exact) mass is 474 g/mol. The number of esters is 3. The first-order valence-corrected chi connectivity index (χ1v) is 10.6. The van der Waals surface area contributed by atoms with E-state index >= 15 is 0 Å². The first-order valence-electron chi connectivity index (χ1n) is 10.6. The van der Waals surface area contributed by atoms with Crippen molar-refractivity contribution in [2.45, 2.75) is 58.3 Å². The Hall–Kier alpha value is -3.73. The summed E-state index contributed by atoms with van der Waals surface area (Å²) in [6, 6.07) is 7.84. The van der Waals surface area contributed by atoms with Gasteiger partial charge in [-0.2, -0.15) is 0 Å². The molecule has 182 valence electrons. The second-order valence-corrected chi connectivity index (χ2v) is 7.67. The lowest BCUT2D eigenvalue weighted by molar-refractivity contribution is -0.257. The standard InChI is InChI=1S/C23H26N2O9/c1-12(26)25-20-22(32-15(4)29)21(31-14(3)28)18(11-30-13(2)27)34-23(20)33-17-9-5-7-16-8-6-10-24-19(16)17/h5-10,18,20-23H,11H2,1-4H3,(H,25,26)/t18-,20+,21+,22-,23-/m1/s1. The number of hydrogen-bond donors (Lipinski definition) is 1. The zero-order valence-corrected chi connectivity index (χ0v) is 19.2. The zero-order valence-electron chi connectivity index (χ0n) is 19.2. The van der Waals surface area contributed by atoms with Crippen LogP contribution in [0.4, 0.5) is 0 Å². The van der Waals surface area contributed by atoms with Gasteiger partial charge in [0.1, 0.15) is 30.0 Å². The predicted octanol–water partition coefficient (Wildman–Crippen LogP) is 1.27. The molecule has 1 aliphatic heterocycles. The van der Waals surface area contributed by atoms with Crippen molar-refractivity contribution in [2.75, 3.05) is 6.61 Å². The number of rotatable bonds is 7. The van der Waals surface area contributed by atoms with E-state index in [9.17, 15) is 19.2 Å². The van der Waals surface area contributed by atoms with Crippen molar-refractivity contribution in [2.24, 2.45) is 0 Å². The molecule has 1 N–H and O–H groups in total. The topological polar surface area (TPSA) is 139 Å². The quantitative estimate of drug-likeness (QED) is 0.461. The molecule has 2 heterocycles. The van der Waals surface area contributed by atoms with Gasteiger partial charge in [0, 0.05) is 39.3 Å². The Balaban J connectivity index is 2.03.